The van der Waals surface area contributed by atoms with Crippen molar-refractivity contribution in [2.24, 2.45) is 0 Å². The van der Waals surface area contributed by atoms with E-state index in [0.717, 1.165) is 28.7 Å². The van der Waals surface area contributed by atoms with Crippen molar-refractivity contribution >= 4 is 12.1 Å². The third kappa shape index (κ3) is 4.81. The molecule has 6 nitrogen and oxygen atoms in total. The molecule has 0 aliphatic heterocycles. The van der Waals surface area contributed by atoms with E-state index < -0.39 is 24.2 Å². The molecule has 0 radical (unpaired) electrons. The third-order valence-corrected chi connectivity index (χ3v) is 5.67. The van der Waals surface area contributed by atoms with Crippen LogP contribution in [-0.2, 0) is 33.9 Å². The van der Waals surface area contributed by atoms with Gasteiger partial charge in [0.05, 0.1) is 12.7 Å². The van der Waals surface area contributed by atoms with Gasteiger partial charge in [0.25, 0.3) is 0 Å². The monoisotopic (exact) mass is 431 g/mol. The van der Waals surface area contributed by atoms with Crippen molar-refractivity contribution in [3.63, 3.8) is 0 Å². The molecule has 1 aliphatic rings. The lowest BCUT2D eigenvalue weighted by Crippen LogP contribution is -2.48. The third-order valence-electron chi connectivity index (χ3n) is 5.67. The average molecular weight is 431 g/mol. The van der Waals surface area contributed by atoms with Crippen LogP contribution in [0.4, 0.5) is 4.79 Å². The summed E-state index contributed by atoms with van der Waals surface area (Å²) in [6, 6.07) is 22.4. The quantitative estimate of drug-likeness (QED) is 0.428. The Morgan fingerprint density at radius 2 is 1.66 bits per heavy atom. The summed E-state index contributed by atoms with van der Waals surface area (Å²) in [5.41, 5.74) is 6.56. The van der Waals surface area contributed by atoms with Crippen molar-refractivity contribution in [1.82, 2.24) is 5.32 Å². The summed E-state index contributed by atoms with van der Waals surface area (Å²) >= 11 is 0. The number of carboxylic acid groups (broad SMARTS) is 1. The molecule has 2 atom stereocenters. The number of alkyl carbamates (subject to hydrolysis) is 1. The molecule has 0 spiro atoms. The summed E-state index contributed by atoms with van der Waals surface area (Å²) in [6.45, 7) is 1.93. The lowest BCUT2D eigenvalue weighted by atomic mass is 10.0. The van der Waals surface area contributed by atoms with Crippen LogP contribution in [0.15, 0.2) is 72.8 Å². The van der Waals surface area contributed by atoms with Gasteiger partial charge in [-0.25, -0.2) is 9.59 Å². The molecule has 3 aromatic carbocycles. The molecule has 32 heavy (non-hydrogen) atoms. The van der Waals surface area contributed by atoms with Crippen LogP contribution in [0.5, 0.6) is 0 Å². The number of fused-ring (bicyclic) bond motifs is 3. The lowest BCUT2D eigenvalue weighted by Gasteiger charge is -2.22. The van der Waals surface area contributed by atoms with Crippen molar-refractivity contribution in [1.29, 1.82) is 0 Å². The number of carboxylic acids is 1. The topological polar surface area (TPSA) is 84.9 Å². The van der Waals surface area contributed by atoms with Crippen LogP contribution in [-0.4, -0.2) is 29.3 Å². The molecule has 4 rings (SSSR count). The molecular weight excluding hydrogens is 406 g/mol. The van der Waals surface area contributed by atoms with Crippen molar-refractivity contribution in [3.8, 4) is 11.1 Å². The Bertz CT molecular complexity index is 1110. The number of aliphatic carboxylic acids is 1. The second kappa shape index (κ2) is 9.66. The highest BCUT2D eigenvalue weighted by Crippen LogP contribution is 2.38. The Balaban J connectivity index is 1.35. The zero-order valence-electron chi connectivity index (χ0n) is 17.8. The van der Waals surface area contributed by atoms with Gasteiger partial charge in [-0.15, -0.1) is 0 Å². The van der Waals surface area contributed by atoms with Gasteiger partial charge in [-0.05, 0) is 46.7 Å². The summed E-state index contributed by atoms with van der Waals surface area (Å²) in [6.07, 6.45) is -0.745. The largest absolute Gasteiger partial charge is 0.480 e. The number of carbonyl (C=O) groups excluding carboxylic acids is 1. The number of benzene rings is 3. The van der Waals surface area contributed by atoms with Gasteiger partial charge in [-0.2, -0.15) is 0 Å². The number of amides is 1. The fourth-order valence-electron chi connectivity index (χ4n) is 3.95. The summed E-state index contributed by atoms with van der Waals surface area (Å²) in [4.78, 5) is 24.1. The molecule has 3 aromatic rings. The van der Waals surface area contributed by atoms with Crippen molar-refractivity contribution < 1.29 is 24.2 Å². The first-order chi connectivity index (χ1) is 15.5. The van der Waals surface area contributed by atoms with Crippen molar-refractivity contribution in [2.75, 3.05) is 0 Å². The van der Waals surface area contributed by atoms with Crippen LogP contribution in [0.2, 0.25) is 0 Å². The first-order valence-corrected chi connectivity index (χ1v) is 10.5. The number of hydrogen-bond donors (Lipinski definition) is 2. The molecule has 0 saturated heterocycles. The number of ether oxygens (including phenoxy) is 2. The normalized spacial score (nSPS) is 13.5. The lowest BCUT2D eigenvalue weighted by molar-refractivity contribution is -0.143. The maximum absolute atomic E-state index is 12.4. The molecule has 0 aromatic heterocycles. The highest BCUT2D eigenvalue weighted by Gasteiger charge is 2.28. The van der Waals surface area contributed by atoms with Gasteiger partial charge < -0.3 is 19.9 Å². The SMILES string of the molecule is C[C@@H](OCc1ccccc1)[C@H](NC(=O)OCc1cccc2c1Cc1ccccc1-2)C(=O)O. The van der Waals surface area contributed by atoms with Crippen LogP contribution < -0.4 is 5.32 Å². The van der Waals surface area contributed by atoms with Crippen LogP contribution in [0.3, 0.4) is 0 Å². The van der Waals surface area contributed by atoms with E-state index in [2.05, 4.69) is 23.5 Å². The summed E-state index contributed by atoms with van der Waals surface area (Å²) in [7, 11) is 0. The molecular formula is C26H25NO5. The zero-order chi connectivity index (χ0) is 22.5. The Morgan fingerprint density at radius 3 is 2.44 bits per heavy atom. The maximum Gasteiger partial charge on any atom is 0.408 e. The first kappa shape index (κ1) is 21.6. The van der Waals surface area contributed by atoms with E-state index in [1.807, 2.05) is 54.6 Å². The van der Waals surface area contributed by atoms with Gasteiger partial charge in [-0.1, -0.05) is 72.8 Å². The molecule has 2 N–H and O–H groups in total. The van der Waals surface area contributed by atoms with Crippen molar-refractivity contribution in [3.05, 3.63) is 95.1 Å². The highest BCUT2D eigenvalue weighted by atomic mass is 16.5. The number of nitrogens with one attached hydrogen (secondary N) is 1. The maximum atomic E-state index is 12.4. The molecule has 1 aliphatic carbocycles. The van der Waals surface area contributed by atoms with E-state index in [1.165, 1.54) is 11.1 Å². The Kier molecular flexibility index (Phi) is 6.52. The molecule has 0 heterocycles. The molecule has 1 amide bonds. The molecule has 0 unspecified atom stereocenters. The van der Waals surface area contributed by atoms with Gasteiger partial charge in [-0.3, -0.25) is 0 Å². The van der Waals surface area contributed by atoms with E-state index in [0.29, 0.717) is 0 Å². The second-order valence-electron chi connectivity index (χ2n) is 7.82. The van der Waals surface area contributed by atoms with Gasteiger partial charge in [0.2, 0.25) is 0 Å². The summed E-state index contributed by atoms with van der Waals surface area (Å²) < 4.78 is 11.0. The molecule has 164 valence electrons. The molecule has 0 bridgehead atoms. The van der Waals surface area contributed by atoms with Gasteiger partial charge in [0.15, 0.2) is 6.04 Å². The first-order valence-electron chi connectivity index (χ1n) is 10.5. The minimum Gasteiger partial charge on any atom is -0.480 e. The van der Waals surface area contributed by atoms with E-state index in [9.17, 15) is 14.7 Å². The van der Waals surface area contributed by atoms with Gasteiger partial charge in [0, 0.05) is 0 Å². The van der Waals surface area contributed by atoms with Crippen LogP contribution in [0.25, 0.3) is 11.1 Å². The average Bonchev–Trinajstić information content (AvgIpc) is 3.19. The highest BCUT2D eigenvalue weighted by molar-refractivity contribution is 5.81. The fourth-order valence-corrected chi connectivity index (χ4v) is 3.95. The Morgan fingerprint density at radius 1 is 0.938 bits per heavy atom. The fraction of sp³-hybridized carbons (Fsp3) is 0.231. The zero-order valence-corrected chi connectivity index (χ0v) is 17.8. The van der Waals surface area contributed by atoms with Crippen molar-refractivity contribution in [2.45, 2.75) is 38.7 Å². The molecule has 6 heteroatoms. The van der Waals surface area contributed by atoms with Gasteiger partial charge in [0.1, 0.15) is 6.61 Å². The van der Waals surface area contributed by atoms with E-state index in [-0.39, 0.29) is 13.2 Å². The molecule has 0 fully saturated rings. The summed E-state index contributed by atoms with van der Waals surface area (Å²) in [5.74, 6) is -1.18. The standard InChI is InChI=1S/C26H25NO5/c1-17(31-15-18-8-3-2-4-9-18)24(25(28)29)27-26(30)32-16-20-11-7-13-22-21-12-6-5-10-19(21)14-23(20)22/h2-13,17,24H,14-16H2,1H3,(H,27,30)(H,28,29)/t17-,24+/m1/s1. The molecule has 0 saturated carbocycles. The van der Waals surface area contributed by atoms with Gasteiger partial charge >= 0.3 is 12.1 Å². The second-order valence-corrected chi connectivity index (χ2v) is 7.82. The predicted octanol–water partition coefficient (Wildman–Crippen LogP) is 4.54. The number of hydrogen-bond acceptors (Lipinski definition) is 4. The van der Waals surface area contributed by atoms with Crippen LogP contribution in [0.1, 0.15) is 29.2 Å². The number of rotatable bonds is 8. The minimum atomic E-state index is -1.23. The smallest absolute Gasteiger partial charge is 0.408 e. The number of carbonyl (C=O) groups is 2. The Labute approximate surface area is 186 Å². The van der Waals surface area contributed by atoms with Crippen LogP contribution >= 0.6 is 0 Å². The van der Waals surface area contributed by atoms with E-state index in [1.54, 1.807) is 6.92 Å². The van der Waals surface area contributed by atoms with E-state index in [4.69, 9.17) is 9.47 Å². The predicted molar refractivity (Wildman–Crippen MR) is 120 cm³/mol. The summed E-state index contributed by atoms with van der Waals surface area (Å²) in [5, 5.41) is 12.0. The minimum absolute atomic E-state index is 0.0641. The van der Waals surface area contributed by atoms with E-state index >= 15 is 0 Å². The Hall–Kier alpha value is -3.64. The van der Waals surface area contributed by atoms with Crippen LogP contribution in [0, 0.1) is 0 Å².